The van der Waals surface area contributed by atoms with Crippen molar-refractivity contribution < 1.29 is 32.2 Å². The minimum atomic E-state index is -2.71. The maximum atomic E-state index is 13.5. The molecule has 2 fully saturated rings. The van der Waals surface area contributed by atoms with E-state index in [0.717, 1.165) is 16.7 Å². The number of ether oxygens (including phenoxy) is 3. The zero-order chi connectivity index (χ0) is 29.5. The molecule has 2 aromatic heterocycles. The van der Waals surface area contributed by atoms with Gasteiger partial charge in [-0.15, -0.1) is 0 Å². The van der Waals surface area contributed by atoms with Gasteiger partial charge in [-0.05, 0) is 43.5 Å². The minimum absolute atomic E-state index is 0.0439. The second kappa shape index (κ2) is 11.2. The third kappa shape index (κ3) is 5.26. The van der Waals surface area contributed by atoms with Crippen LogP contribution in [0.2, 0.25) is 0 Å². The van der Waals surface area contributed by atoms with E-state index in [0.29, 0.717) is 68.0 Å². The van der Waals surface area contributed by atoms with Gasteiger partial charge in [-0.3, -0.25) is 9.59 Å². The summed E-state index contributed by atoms with van der Waals surface area (Å²) in [5.74, 6) is 0.127. The van der Waals surface area contributed by atoms with Crippen LogP contribution in [-0.4, -0.2) is 60.9 Å². The van der Waals surface area contributed by atoms with Gasteiger partial charge in [-0.25, -0.2) is 13.8 Å². The number of anilines is 1. The smallest absolute Gasteiger partial charge is 0.272 e. The van der Waals surface area contributed by atoms with Crippen molar-refractivity contribution in [2.45, 2.75) is 44.6 Å². The lowest BCUT2D eigenvalue weighted by atomic mass is 9.95. The number of aryl methyl sites for hydroxylation is 2. The minimum Gasteiger partial charge on any atom is -0.484 e. The molecule has 1 amide bonds. The number of rotatable bonds is 8. The van der Waals surface area contributed by atoms with Crippen LogP contribution in [0.15, 0.2) is 39.5 Å². The molecule has 0 bridgehead atoms. The van der Waals surface area contributed by atoms with Crippen molar-refractivity contribution in [1.82, 2.24) is 9.55 Å². The number of piperidine rings is 1. The quantitative estimate of drug-likeness (QED) is 0.327. The van der Waals surface area contributed by atoms with Crippen LogP contribution in [0.4, 0.5) is 14.5 Å². The Labute approximate surface area is 239 Å². The molecular weight excluding hydrogens is 550 g/mol. The molecule has 2 saturated heterocycles. The number of primary amides is 1. The Kier molecular flexibility index (Phi) is 7.48. The largest absolute Gasteiger partial charge is 0.484 e. The Balaban J connectivity index is 1.39. The molecule has 0 unspecified atom stereocenters. The molecule has 0 saturated carbocycles. The van der Waals surface area contributed by atoms with Crippen molar-refractivity contribution in [3.63, 3.8) is 0 Å². The number of alkyl halides is 2. The van der Waals surface area contributed by atoms with E-state index in [1.54, 1.807) is 12.1 Å². The van der Waals surface area contributed by atoms with Crippen LogP contribution in [0.5, 0.6) is 11.5 Å². The van der Waals surface area contributed by atoms with Crippen LogP contribution >= 0.6 is 0 Å². The van der Waals surface area contributed by atoms with Gasteiger partial charge in [0.1, 0.15) is 23.8 Å². The van der Waals surface area contributed by atoms with E-state index < -0.39 is 24.5 Å². The summed E-state index contributed by atoms with van der Waals surface area (Å²) in [4.78, 5) is 32.8. The summed E-state index contributed by atoms with van der Waals surface area (Å²) in [6.45, 7) is 2.99. The molecule has 2 aromatic carbocycles. The topological polar surface area (TPSA) is 122 Å². The van der Waals surface area contributed by atoms with Crippen LogP contribution in [-0.2, 0) is 11.8 Å². The van der Waals surface area contributed by atoms with Crippen LogP contribution in [0, 0.1) is 6.92 Å². The lowest BCUT2D eigenvalue weighted by Crippen LogP contribution is -2.38. The molecule has 42 heavy (non-hydrogen) atoms. The number of oxazole rings is 1. The van der Waals surface area contributed by atoms with Crippen LogP contribution in [0.1, 0.15) is 47.0 Å². The zero-order valence-corrected chi connectivity index (χ0v) is 23.4. The first-order valence-corrected chi connectivity index (χ1v) is 14.0. The van der Waals surface area contributed by atoms with Gasteiger partial charge < -0.3 is 33.8 Å². The normalized spacial score (nSPS) is 17.9. The molecule has 2 N–H and O–H groups in total. The number of carbonyl (C=O) groups excluding carboxylic acids is 1. The van der Waals surface area contributed by atoms with Gasteiger partial charge in [0.05, 0.1) is 24.4 Å². The second-order valence-electron chi connectivity index (χ2n) is 10.9. The SMILES string of the molecule is Cc1ccc2oc(C3CCN(c4c(C(N)=O)c(=O)n(C)c5cc(O[C@@H]6CCOC6)c(OCC(F)F)cc45)CC3)nc2c1. The molecule has 0 radical (unpaired) electrons. The third-order valence-electron chi connectivity index (χ3n) is 7.95. The average molecular weight is 583 g/mol. The van der Waals surface area contributed by atoms with Crippen LogP contribution in [0.3, 0.4) is 0 Å². The Morgan fingerprint density at radius 1 is 1.17 bits per heavy atom. The van der Waals surface area contributed by atoms with E-state index in [-0.39, 0.29) is 29.1 Å². The Morgan fingerprint density at radius 2 is 1.95 bits per heavy atom. The fourth-order valence-electron chi connectivity index (χ4n) is 5.80. The van der Waals surface area contributed by atoms with E-state index in [4.69, 9.17) is 29.3 Å². The lowest BCUT2D eigenvalue weighted by molar-refractivity contribution is 0.0778. The predicted molar refractivity (Wildman–Crippen MR) is 152 cm³/mol. The summed E-state index contributed by atoms with van der Waals surface area (Å²) < 4.78 is 50.7. The van der Waals surface area contributed by atoms with Gasteiger partial charge >= 0.3 is 0 Å². The van der Waals surface area contributed by atoms with Crippen molar-refractivity contribution >= 4 is 33.6 Å². The van der Waals surface area contributed by atoms with Crippen LogP contribution in [0.25, 0.3) is 22.0 Å². The van der Waals surface area contributed by atoms with Crippen LogP contribution < -0.4 is 25.7 Å². The maximum absolute atomic E-state index is 13.5. The summed E-state index contributed by atoms with van der Waals surface area (Å²) in [5.41, 5.74) is 8.46. The zero-order valence-electron chi connectivity index (χ0n) is 23.4. The van der Waals surface area contributed by atoms with E-state index >= 15 is 0 Å². The van der Waals surface area contributed by atoms with Crippen molar-refractivity contribution in [2.75, 3.05) is 37.8 Å². The highest BCUT2D eigenvalue weighted by molar-refractivity contribution is 6.07. The third-order valence-corrected chi connectivity index (χ3v) is 7.95. The fraction of sp³-hybridized carbons (Fsp3) is 0.433. The molecule has 1 atom stereocenters. The molecule has 222 valence electrons. The predicted octanol–water partition coefficient (Wildman–Crippen LogP) is 4.28. The Bertz CT molecular complexity index is 1700. The highest BCUT2D eigenvalue weighted by atomic mass is 19.3. The first-order chi connectivity index (χ1) is 20.2. The Hall–Kier alpha value is -4.19. The van der Waals surface area contributed by atoms with Gasteiger partial charge in [0.25, 0.3) is 17.9 Å². The first-order valence-electron chi connectivity index (χ1n) is 14.0. The number of hydrogen-bond donors (Lipinski definition) is 1. The number of nitrogens with zero attached hydrogens (tertiary/aromatic N) is 3. The summed E-state index contributed by atoms with van der Waals surface area (Å²) in [6.07, 6.45) is -1.06. The molecule has 6 rings (SSSR count). The number of carbonyl (C=O) groups is 1. The van der Waals surface area contributed by atoms with E-state index in [9.17, 15) is 18.4 Å². The molecular formula is C30H32F2N4O6. The number of amides is 1. The van der Waals surface area contributed by atoms with Crippen molar-refractivity contribution in [2.24, 2.45) is 12.8 Å². The molecule has 2 aliphatic rings. The fourth-order valence-corrected chi connectivity index (χ4v) is 5.80. The maximum Gasteiger partial charge on any atom is 0.272 e. The van der Waals surface area contributed by atoms with Gasteiger partial charge in [-0.2, -0.15) is 0 Å². The summed E-state index contributed by atoms with van der Waals surface area (Å²) >= 11 is 0. The number of hydrogen-bond acceptors (Lipinski definition) is 8. The highest BCUT2D eigenvalue weighted by Crippen LogP contribution is 2.41. The molecule has 2 aliphatic heterocycles. The summed E-state index contributed by atoms with van der Waals surface area (Å²) in [6, 6.07) is 9.01. The number of fused-ring (bicyclic) bond motifs is 2. The molecule has 0 spiro atoms. The molecule has 0 aliphatic carbocycles. The molecule has 12 heteroatoms. The van der Waals surface area contributed by atoms with Gasteiger partial charge in [0.2, 0.25) is 0 Å². The molecule has 10 nitrogen and oxygen atoms in total. The van der Waals surface area contributed by atoms with Gasteiger partial charge in [0, 0.05) is 43.9 Å². The summed E-state index contributed by atoms with van der Waals surface area (Å²) in [5, 5.41) is 0.473. The monoisotopic (exact) mass is 582 g/mol. The Morgan fingerprint density at radius 3 is 2.64 bits per heavy atom. The van der Waals surface area contributed by atoms with Gasteiger partial charge in [-0.1, -0.05) is 6.07 Å². The van der Waals surface area contributed by atoms with E-state index in [1.807, 2.05) is 30.0 Å². The number of halogens is 2. The summed E-state index contributed by atoms with van der Waals surface area (Å²) in [7, 11) is 1.53. The van der Waals surface area contributed by atoms with E-state index in [2.05, 4.69) is 0 Å². The number of aromatic nitrogens is 2. The van der Waals surface area contributed by atoms with Crippen molar-refractivity contribution in [3.05, 3.63) is 57.7 Å². The number of nitrogens with two attached hydrogens (primary N) is 1. The van der Waals surface area contributed by atoms with Crippen molar-refractivity contribution in [3.8, 4) is 11.5 Å². The van der Waals surface area contributed by atoms with E-state index in [1.165, 1.54) is 11.6 Å². The second-order valence-corrected chi connectivity index (χ2v) is 10.9. The average Bonchev–Trinajstić information content (AvgIpc) is 3.63. The lowest BCUT2D eigenvalue weighted by Gasteiger charge is -2.34. The number of benzene rings is 2. The number of pyridine rings is 1. The van der Waals surface area contributed by atoms with Gasteiger partial charge in [0.15, 0.2) is 23.0 Å². The van der Waals surface area contributed by atoms with Crippen molar-refractivity contribution in [1.29, 1.82) is 0 Å². The molecule has 4 heterocycles. The molecule has 4 aromatic rings. The standard InChI is InChI=1S/C30H32F2N4O6/c1-16-3-4-22-20(11-16)34-29(42-22)17-5-8-36(9-6-17)27-19-12-23(40-15-25(31)32)24(41-18-7-10-39-14-18)13-21(19)35(2)30(38)26(27)28(33)37/h3-4,11-13,17-18,25H,5-10,14-15H2,1-2H3,(H2,33,37)/t18-/m1/s1. The first kappa shape index (κ1) is 28.0. The highest BCUT2D eigenvalue weighted by Gasteiger charge is 2.31.